The van der Waals surface area contributed by atoms with Gasteiger partial charge in [-0.15, -0.1) is 0 Å². The number of nitrogens with zero attached hydrogens (tertiary/aromatic N) is 2. The highest BCUT2D eigenvalue weighted by molar-refractivity contribution is 8.29. The lowest BCUT2D eigenvalue weighted by molar-refractivity contribution is -0.670. The minimum Gasteiger partial charge on any atom is -0.251 e. The van der Waals surface area contributed by atoms with Crippen LogP contribution >= 0.6 is 0 Å². The highest BCUT2D eigenvalue weighted by Crippen LogP contribution is 2.47. The van der Waals surface area contributed by atoms with Crippen LogP contribution in [0.15, 0.2) is 18.7 Å². The number of aryl methyl sites for hydroxylation is 2. The van der Waals surface area contributed by atoms with E-state index in [0.29, 0.717) is 0 Å². The summed E-state index contributed by atoms with van der Waals surface area (Å²) in [6.45, 7) is 0. The zero-order valence-corrected chi connectivity index (χ0v) is 16.2. The van der Waals surface area contributed by atoms with Crippen molar-refractivity contribution in [2.75, 3.05) is 0 Å². The number of rotatable bonds is 3. The molecule has 29 heavy (non-hydrogen) atoms. The van der Waals surface area contributed by atoms with Crippen LogP contribution in [0.2, 0.25) is 0 Å². The lowest BCUT2D eigenvalue weighted by atomic mass is 10.9. The molecular formula is C9H9F9N2O6S3. The molecule has 0 aromatic carbocycles. The largest absolute Gasteiger partial charge is 0.470 e. The Bertz CT molecular complexity index is 911. The van der Waals surface area contributed by atoms with Crippen molar-refractivity contribution in [2.24, 2.45) is 14.1 Å². The van der Waals surface area contributed by atoms with Crippen LogP contribution in [-0.2, 0) is 43.6 Å². The van der Waals surface area contributed by atoms with Gasteiger partial charge in [0.15, 0.2) is 29.5 Å². The van der Waals surface area contributed by atoms with Crippen LogP contribution in [0.5, 0.6) is 0 Å². The van der Waals surface area contributed by atoms with Gasteiger partial charge in [-0.05, 0) is 0 Å². The van der Waals surface area contributed by atoms with Gasteiger partial charge in [0.25, 0.3) is 0 Å². The molecule has 0 atom stereocenters. The SMILES string of the molecule is Cn1cc[n+](C)c1.O=S(=O)([C-](S(=O)(=O)C(F)(F)F)S(=O)(=O)C(F)(F)F)C(F)(F)F. The van der Waals surface area contributed by atoms with Crippen LogP contribution in [-0.4, -0.2) is 46.3 Å². The van der Waals surface area contributed by atoms with Crippen molar-refractivity contribution in [3.05, 3.63) is 22.6 Å². The summed E-state index contributed by atoms with van der Waals surface area (Å²) in [5.41, 5.74) is -21.2. The van der Waals surface area contributed by atoms with Crippen molar-refractivity contribution in [3.63, 3.8) is 0 Å². The standard InChI is InChI=1S/C5H9N2.C4F9O6S3/c1-6-3-4-7(2)5-6;5-2(6,7)20(14,15)1(21(16,17)3(8,9)10)22(18,19)4(11,12)13/h3-5H,1-2H3;/q+1;-1. The zero-order valence-electron chi connectivity index (χ0n) is 13.7. The van der Waals surface area contributed by atoms with Crippen molar-refractivity contribution in [3.8, 4) is 0 Å². The topological polar surface area (TPSA) is 111 Å². The molecule has 1 rings (SSSR count). The highest BCUT2D eigenvalue weighted by Gasteiger charge is 2.63. The van der Waals surface area contributed by atoms with E-state index < -0.39 is 50.0 Å². The van der Waals surface area contributed by atoms with Crippen molar-refractivity contribution in [2.45, 2.75) is 16.5 Å². The lowest BCUT2D eigenvalue weighted by Crippen LogP contribution is -2.47. The molecular weight excluding hydrogens is 499 g/mol. The fraction of sp³-hybridized carbons (Fsp3) is 0.556. The van der Waals surface area contributed by atoms with E-state index in [9.17, 15) is 64.8 Å². The molecule has 0 spiro atoms. The molecule has 0 N–H and O–H groups in total. The van der Waals surface area contributed by atoms with Crippen molar-refractivity contribution in [1.82, 2.24) is 4.57 Å². The number of imidazole rings is 1. The third-order valence-corrected chi connectivity index (χ3v) is 9.57. The second-order valence-corrected chi connectivity index (χ2v) is 11.3. The van der Waals surface area contributed by atoms with Gasteiger partial charge in [0.05, 0.1) is 18.0 Å². The van der Waals surface area contributed by atoms with E-state index in [-0.39, 0.29) is 0 Å². The van der Waals surface area contributed by atoms with Crippen LogP contribution < -0.4 is 4.57 Å². The first kappa shape index (κ1) is 27.4. The van der Waals surface area contributed by atoms with E-state index in [2.05, 4.69) is 0 Å². The second-order valence-electron chi connectivity index (χ2n) is 4.84. The van der Waals surface area contributed by atoms with Gasteiger partial charge in [0.2, 0.25) is 6.33 Å². The number of aromatic nitrogens is 2. The number of hydrogen-bond acceptors (Lipinski definition) is 6. The number of halogens is 9. The molecule has 0 bridgehead atoms. The monoisotopic (exact) mass is 508 g/mol. The molecule has 0 radical (unpaired) electrons. The number of hydrogen-bond donors (Lipinski definition) is 0. The van der Waals surface area contributed by atoms with Gasteiger partial charge in [-0.2, -0.15) is 39.5 Å². The Balaban J connectivity index is 0.000000929. The molecule has 1 aromatic rings. The van der Waals surface area contributed by atoms with Crippen molar-refractivity contribution < 1.29 is 69.3 Å². The Morgan fingerprint density at radius 3 is 1.10 bits per heavy atom. The van der Waals surface area contributed by atoms with Crippen LogP contribution in [0.4, 0.5) is 39.5 Å². The first-order valence-electron chi connectivity index (χ1n) is 6.19. The summed E-state index contributed by atoms with van der Waals surface area (Å²) in [5, 5.41) is 0. The van der Waals surface area contributed by atoms with Gasteiger partial charge < -0.3 is 0 Å². The summed E-state index contributed by atoms with van der Waals surface area (Å²) in [6, 6.07) is 0. The molecule has 172 valence electrons. The maximum absolute atomic E-state index is 12.0. The maximum Gasteiger partial charge on any atom is 0.470 e. The molecule has 0 fully saturated rings. The molecule has 1 heterocycles. The summed E-state index contributed by atoms with van der Waals surface area (Å²) >= 11 is 0. The normalized spacial score (nSPS) is 14.5. The first-order valence-corrected chi connectivity index (χ1v) is 10.6. The van der Waals surface area contributed by atoms with Gasteiger partial charge in [-0.3, -0.25) is 25.3 Å². The first-order chi connectivity index (χ1) is 12.4. The maximum atomic E-state index is 12.0. The highest BCUT2D eigenvalue weighted by atomic mass is 32.3. The molecule has 0 aliphatic heterocycles. The van der Waals surface area contributed by atoms with E-state index in [1.807, 2.05) is 42.0 Å². The summed E-state index contributed by atoms with van der Waals surface area (Å²) in [6.07, 6.45) is 6.00. The summed E-state index contributed by atoms with van der Waals surface area (Å²) in [7, 11) is -20.1. The second kappa shape index (κ2) is 7.93. The summed E-state index contributed by atoms with van der Waals surface area (Å²) in [4.78, 5) is 0. The molecule has 0 aliphatic rings. The van der Waals surface area contributed by atoms with E-state index in [1.165, 1.54) is 0 Å². The van der Waals surface area contributed by atoms with Gasteiger partial charge in [0, 0.05) is 0 Å². The molecule has 0 amide bonds. The fourth-order valence-corrected chi connectivity index (χ4v) is 7.03. The van der Waals surface area contributed by atoms with Crippen LogP contribution in [0.3, 0.4) is 0 Å². The fourth-order valence-electron chi connectivity index (χ4n) is 1.29. The molecule has 0 unspecified atom stereocenters. The van der Waals surface area contributed by atoms with Gasteiger partial charge in [0.1, 0.15) is 12.4 Å². The van der Waals surface area contributed by atoms with E-state index in [4.69, 9.17) is 0 Å². The lowest BCUT2D eigenvalue weighted by Gasteiger charge is -2.31. The predicted molar refractivity (Wildman–Crippen MR) is 74.8 cm³/mol. The quantitative estimate of drug-likeness (QED) is 0.344. The van der Waals surface area contributed by atoms with Gasteiger partial charge >= 0.3 is 16.5 Å². The van der Waals surface area contributed by atoms with Crippen LogP contribution in [0.1, 0.15) is 0 Å². The predicted octanol–water partition coefficient (Wildman–Crippen LogP) is 1.09. The Kier molecular flexibility index (Phi) is 7.50. The average Bonchev–Trinajstić information content (AvgIpc) is 2.78. The van der Waals surface area contributed by atoms with Gasteiger partial charge in [-0.1, -0.05) is 0 Å². The molecule has 1 aromatic heterocycles. The Morgan fingerprint density at radius 1 is 0.724 bits per heavy atom. The van der Waals surface area contributed by atoms with Gasteiger partial charge in [-0.25, -0.2) is 9.13 Å². The summed E-state index contributed by atoms with van der Waals surface area (Å²) in [5.74, 6) is 0. The van der Waals surface area contributed by atoms with Crippen LogP contribution in [0.25, 0.3) is 0 Å². The Morgan fingerprint density at radius 2 is 1.00 bits per heavy atom. The smallest absolute Gasteiger partial charge is 0.251 e. The van der Waals surface area contributed by atoms with E-state index in [0.717, 1.165) is 0 Å². The molecule has 0 saturated carbocycles. The average molecular weight is 508 g/mol. The minimum atomic E-state index is -8.02. The molecule has 0 saturated heterocycles. The van der Waals surface area contributed by atoms with Crippen molar-refractivity contribution >= 4 is 29.5 Å². The third-order valence-electron chi connectivity index (χ3n) is 2.47. The van der Waals surface area contributed by atoms with E-state index in [1.54, 1.807) is 0 Å². The zero-order chi connectivity index (χ0) is 23.9. The Hall–Kier alpha value is -1.57. The molecule has 8 nitrogen and oxygen atoms in total. The van der Waals surface area contributed by atoms with E-state index >= 15 is 0 Å². The third kappa shape index (κ3) is 5.74. The molecule has 0 aliphatic carbocycles. The number of alkyl halides is 9. The molecule has 20 heteroatoms. The minimum absolute atomic E-state index is 2.00. The Labute approximate surface area is 157 Å². The summed E-state index contributed by atoms with van der Waals surface area (Å²) < 4.78 is 171. The number of sulfone groups is 3. The van der Waals surface area contributed by atoms with Crippen molar-refractivity contribution in [1.29, 1.82) is 0 Å². The van der Waals surface area contributed by atoms with Crippen LogP contribution in [0, 0.1) is 3.91 Å².